The van der Waals surface area contributed by atoms with Gasteiger partial charge in [-0.1, -0.05) is 182 Å². The van der Waals surface area contributed by atoms with Crippen LogP contribution in [0.25, 0.3) is 76.5 Å². The van der Waals surface area contributed by atoms with E-state index in [1.165, 1.54) is 76.5 Å². The topological polar surface area (TPSA) is 3.24 Å². The molecule has 248 valence electrons. The van der Waals surface area contributed by atoms with Gasteiger partial charge in [-0.05, 0) is 101 Å². The zero-order valence-electron chi connectivity index (χ0n) is 29.2. The van der Waals surface area contributed by atoms with E-state index in [1.54, 1.807) is 0 Å². The van der Waals surface area contributed by atoms with E-state index in [1.807, 2.05) is 0 Å². The van der Waals surface area contributed by atoms with Gasteiger partial charge < -0.3 is 4.90 Å². The van der Waals surface area contributed by atoms with Gasteiger partial charge in [0.2, 0.25) is 0 Å². The van der Waals surface area contributed by atoms with Crippen LogP contribution in [0.15, 0.2) is 212 Å². The molecule has 1 heteroatoms. The van der Waals surface area contributed by atoms with Gasteiger partial charge in [0, 0.05) is 16.8 Å². The van der Waals surface area contributed by atoms with Gasteiger partial charge in [0.05, 0.1) is 5.69 Å². The molecule has 0 saturated carbocycles. The standard InChI is InChI=1S/C52H35N/c1-2-13-36(14-3-1)37-25-30-42(31-26-37)53(51-35-41-17-6-8-20-45(41)48-22-10-11-23-49(48)51)43-32-27-40(28-33-43)47-34-29-39-16-5-9-21-46(39)52(47)50-24-12-18-38-15-4-7-19-44(38)50/h1-35H. The highest BCUT2D eigenvalue weighted by Gasteiger charge is 2.19. The van der Waals surface area contributed by atoms with Gasteiger partial charge in [0.15, 0.2) is 0 Å². The zero-order chi connectivity index (χ0) is 35.1. The highest BCUT2D eigenvalue weighted by Crippen LogP contribution is 2.45. The van der Waals surface area contributed by atoms with Crippen molar-refractivity contribution >= 4 is 60.2 Å². The van der Waals surface area contributed by atoms with Crippen LogP contribution < -0.4 is 4.90 Å². The molecule has 0 aliphatic rings. The number of anilines is 3. The quantitative estimate of drug-likeness (QED) is 0.159. The van der Waals surface area contributed by atoms with E-state index < -0.39 is 0 Å². The van der Waals surface area contributed by atoms with Gasteiger partial charge in [0.1, 0.15) is 0 Å². The molecule has 10 rings (SSSR count). The fourth-order valence-corrected chi connectivity index (χ4v) is 8.12. The highest BCUT2D eigenvalue weighted by atomic mass is 15.1. The zero-order valence-corrected chi connectivity index (χ0v) is 29.2. The van der Waals surface area contributed by atoms with Crippen molar-refractivity contribution in [1.82, 2.24) is 0 Å². The lowest BCUT2D eigenvalue weighted by Crippen LogP contribution is -2.10. The van der Waals surface area contributed by atoms with E-state index in [2.05, 4.69) is 217 Å². The van der Waals surface area contributed by atoms with E-state index in [9.17, 15) is 0 Å². The molecule has 0 saturated heterocycles. The maximum Gasteiger partial charge on any atom is 0.0546 e. The molecule has 0 unspecified atom stereocenters. The summed E-state index contributed by atoms with van der Waals surface area (Å²) in [6.45, 7) is 0. The van der Waals surface area contributed by atoms with Crippen molar-refractivity contribution in [1.29, 1.82) is 0 Å². The van der Waals surface area contributed by atoms with E-state index in [4.69, 9.17) is 0 Å². The largest absolute Gasteiger partial charge is 0.310 e. The minimum absolute atomic E-state index is 1.11. The first-order valence-corrected chi connectivity index (χ1v) is 18.3. The van der Waals surface area contributed by atoms with Crippen LogP contribution in [0.2, 0.25) is 0 Å². The Morgan fingerprint density at radius 1 is 0.264 bits per heavy atom. The predicted octanol–water partition coefficient (Wildman–Crippen LogP) is 14.8. The van der Waals surface area contributed by atoms with Crippen LogP contribution in [-0.2, 0) is 0 Å². The van der Waals surface area contributed by atoms with Gasteiger partial charge in [-0.25, -0.2) is 0 Å². The third-order valence-electron chi connectivity index (χ3n) is 10.6. The summed E-state index contributed by atoms with van der Waals surface area (Å²) in [6, 6.07) is 77.3. The Labute approximate surface area is 309 Å². The Kier molecular flexibility index (Phi) is 7.55. The summed E-state index contributed by atoms with van der Waals surface area (Å²) in [6.07, 6.45) is 0. The first kappa shape index (κ1) is 30.8. The smallest absolute Gasteiger partial charge is 0.0546 e. The molecule has 0 amide bonds. The van der Waals surface area contributed by atoms with Crippen molar-refractivity contribution < 1.29 is 0 Å². The summed E-state index contributed by atoms with van der Waals surface area (Å²) in [5, 5.41) is 9.96. The molecule has 0 aliphatic heterocycles. The summed E-state index contributed by atoms with van der Waals surface area (Å²) in [4.78, 5) is 2.42. The second-order valence-electron chi connectivity index (χ2n) is 13.7. The highest BCUT2D eigenvalue weighted by molar-refractivity contribution is 6.15. The molecular weight excluding hydrogens is 639 g/mol. The van der Waals surface area contributed by atoms with Crippen molar-refractivity contribution in [3.05, 3.63) is 212 Å². The molecule has 53 heavy (non-hydrogen) atoms. The van der Waals surface area contributed by atoms with Gasteiger partial charge in [-0.2, -0.15) is 0 Å². The van der Waals surface area contributed by atoms with E-state index in [0.717, 1.165) is 17.1 Å². The molecule has 0 N–H and O–H groups in total. The average molecular weight is 674 g/mol. The Morgan fingerprint density at radius 3 is 1.49 bits per heavy atom. The van der Waals surface area contributed by atoms with E-state index >= 15 is 0 Å². The minimum Gasteiger partial charge on any atom is -0.310 e. The van der Waals surface area contributed by atoms with E-state index in [0.29, 0.717) is 0 Å². The van der Waals surface area contributed by atoms with Crippen LogP contribution >= 0.6 is 0 Å². The fraction of sp³-hybridized carbons (Fsp3) is 0. The Hall–Kier alpha value is -6.96. The van der Waals surface area contributed by atoms with Crippen LogP contribution in [0.4, 0.5) is 17.1 Å². The predicted molar refractivity (Wildman–Crippen MR) is 227 cm³/mol. The minimum atomic E-state index is 1.11. The van der Waals surface area contributed by atoms with E-state index in [-0.39, 0.29) is 0 Å². The van der Waals surface area contributed by atoms with Crippen LogP contribution in [0.5, 0.6) is 0 Å². The summed E-state index contributed by atoms with van der Waals surface area (Å²) < 4.78 is 0. The third-order valence-corrected chi connectivity index (χ3v) is 10.6. The van der Waals surface area contributed by atoms with Crippen molar-refractivity contribution in [2.75, 3.05) is 4.90 Å². The number of fused-ring (bicyclic) bond motifs is 5. The summed E-state index contributed by atoms with van der Waals surface area (Å²) in [7, 11) is 0. The van der Waals surface area contributed by atoms with Crippen molar-refractivity contribution in [3.63, 3.8) is 0 Å². The SMILES string of the molecule is c1ccc(-c2ccc(N(c3ccc(-c4ccc5ccccc5c4-c4cccc5ccccc45)cc3)c3cc4ccccc4c4ccccc34)cc2)cc1. The molecule has 0 spiro atoms. The van der Waals surface area contributed by atoms with Crippen molar-refractivity contribution in [2.45, 2.75) is 0 Å². The molecule has 0 bridgehead atoms. The number of nitrogens with zero attached hydrogens (tertiary/aromatic N) is 1. The lowest BCUT2D eigenvalue weighted by Gasteiger charge is -2.28. The summed E-state index contributed by atoms with van der Waals surface area (Å²) in [5.41, 5.74) is 10.7. The molecule has 0 fully saturated rings. The van der Waals surface area contributed by atoms with Gasteiger partial charge in [-0.15, -0.1) is 0 Å². The Morgan fingerprint density at radius 2 is 0.774 bits per heavy atom. The molecule has 0 radical (unpaired) electrons. The Balaban J connectivity index is 1.16. The molecular formula is C52H35N. The van der Waals surface area contributed by atoms with Crippen molar-refractivity contribution in [3.8, 4) is 33.4 Å². The molecule has 0 atom stereocenters. The number of rotatable bonds is 6. The number of benzene rings is 10. The maximum absolute atomic E-state index is 2.42. The lowest BCUT2D eigenvalue weighted by atomic mass is 9.87. The Bertz CT molecular complexity index is 2920. The maximum atomic E-state index is 2.42. The lowest BCUT2D eigenvalue weighted by molar-refractivity contribution is 1.30. The molecule has 0 aliphatic carbocycles. The van der Waals surface area contributed by atoms with Gasteiger partial charge in [0.25, 0.3) is 0 Å². The molecule has 0 aromatic heterocycles. The summed E-state index contributed by atoms with van der Waals surface area (Å²) in [5.74, 6) is 0. The summed E-state index contributed by atoms with van der Waals surface area (Å²) >= 11 is 0. The van der Waals surface area contributed by atoms with Crippen molar-refractivity contribution in [2.24, 2.45) is 0 Å². The van der Waals surface area contributed by atoms with Crippen LogP contribution in [0.3, 0.4) is 0 Å². The number of hydrogen-bond donors (Lipinski definition) is 0. The van der Waals surface area contributed by atoms with Crippen LogP contribution in [0, 0.1) is 0 Å². The van der Waals surface area contributed by atoms with Gasteiger partial charge in [-0.3, -0.25) is 0 Å². The molecule has 0 heterocycles. The second kappa shape index (κ2) is 13.0. The van der Waals surface area contributed by atoms with Gasteiger partial charge >= 0.3 is 0 Å². The first-order chi connectivity index (χ1) is 26.3. The first-order valence-electron chi connectivity index (χ1n) is 18.3. The number of hydrogen-bond acceptors (Lipinski definition) is 1. The monoisotopic (exact) mass is 673 g/mol. The third kappa shape index (κ3) is 5.42. The second-order valence-corrected chi connectivity index (χ2v) is 13.7. The molecule has 10 aromatic carbocycles. The fourth-order valence-electron chi connectivity index (χ4n) is 8.12. The molecule has 10 aromatic rings. The molecule has 1 nitrogen and oxygen atoms in total. The normalized spacial score (nSPS) is 11.4. The van der Waals surface area contributed by atoms with Crippen LogP contribution in [0.1, 0.15) is 0 Å². The average Bonchev–Trinajstić information content (AvgIpc) is 3.24. The van der Waals surface area contributed by atoms with Crippen LogP contribution in [-0.4, -0.2) is 0 Å².